The summed E-state index contributed by atoms with van der Waals surface area (Å²) >= 11 is 11.1. The fourth-order valence-electron chi connectivity index (χ4n) is 1.52. The highest BCUT2D eigenvalue weighted by Gasteiger charge is 2.07. The lowest BCUT2D eigenvalue weighted by atomic mass is 10.1. The van der Waals surface area contributed by atoms with Crippen molar-refractivity contribution in [3.63, 3.8) is 0 Å². The molecule has 0 saturated heterocycles. The van der Waals surface area contributed by atoms with Gasteiger partial charge in [-0.3, -0.25) is 0 Å². The Kier molecular flexibility index (Phi) is 4.73. The van der Waals surface area contributed by atoms with Gasteiger partial charge in [0.05, 0.1) is 6.10 Å². The third-order valence-electron chi connectivity index (χ3n) is 2.46. The first-order chi connectivity index (χ1) is 8.56. The zero-order chi connectivity index (χ0) is 13.1. The van der Waals surface area contributed by atoms with E-state index in [0.717, 1.165) is 24.8 Å². The quantitative estimate of drug-likeness (QED) is 0.815. The Morgan fingerprint density at radius 3 is 2.61 bits per heavy atom. The van der Waals surface area contributed by atoms with Gasteiger partial charge < -0.3 is 5.11 Å². The molecule has 0 radical (unpaired) electrons. The SMILES string of the molecule is CC(O)c1ccc(Sc2cccc(Cl)c2)c(Br)c1. The standard InChI is InChI=1S/C14H12BrClOS/c1-9(17)10-5-6-14(13(15)7-10)18-12-4-2-3-11(16)8-12/h2-9,17H,1H3. The van der Waals surface area contributed by atoms with Gasteiger partial charge in [-0.15, -0.1) is 0 Å². The Labute approximate surface area is 124 Å². The lowest BCUT2D eigenvalue weighted by Crippen LogP contribution is -1.90. The predicted octanol–water partition coefficient (Wildman–Crippen LogP) is 5.31. The van der Waals surface area contributed by atoms with E-state index in [0.29, 0.717) is 0 Å². The topological polar surface area (TPSA) is 20.2 Å². The Balaban J connectivity index is 2.24. The number of rotatable bonds is 3. The first-order valence-electron chi connectivity index (χ1n) is 5.47. The van der Waals surface area contributed by atoms with Crippen LogP contribution in [-0.2, 0) is 0 Å². The van der Waals surface area contributed by atoms with Crippen LogP contribution in [0.25, 0.3) is 0 Å². The Hall–Kier alpha value is -0.480. The van der Waals surface area contributed by atoms with Crippen LogP contribution < -0.4 is 0 Å². The molecule has 0 aliphatic heterocycles. The molecule has 0 heterocycles. The average Bonchev–Trinajstić information content (AvgIpc) is 2.31. The Morgan fingerprint density at radius 1 is 1.22 bits per heavy atom. The van der Waals surface area contributed by atoms with Crippen LogP contribution in [-0.4, -0.2) is 5.11 Å². The van der Waals surface area contributed by atoms with E-state index in [4.69, 9.17) is 11.6 Å². The maximum atomic E-state index is 9.52. The van der Waals surface area contributed by atoms with Gasteiger partial charge in [-0.2, -0.15) is 0 Å². The third kappa shape index (κ3) is 3.51. The third-order valence-corrected chi connectivity index (χ3v) is 4.68. The summed E-state index contributed by atoms with van der Waals surface area (Å²) in [5.74, 6) is 0. The molecule has 94 valence electrons. The summed E-state index contributed by atoms with van der Waals surface area (Å²) in [5, 5.41) is 10.3. The molecular formula is C14H12BrClOS. The molecule has 1 N–H and O–H groups in total. The largest absolute Gasteiger partial charge is 0.389 e. The first-order valence-corrected chi connectivity index (χ1v) is 7.46. The fraction of sp³-hybridized carbons (Fsp3) is 0.143. The zero-order valence-corrected chi connectivity index (χ0v) is 12.9. The van der Waals surface area contributed by atoms with E-state index in [2.05, 4.69) is 15.9 Å². The number of aliphatic hydroxyl groups is 1. The summed E-state index contributed by atoms with van der Waals surface area (Å²) in [4.78, 5) is 2.19. The van der Waals surface area contributed by atoms with E-state index in [-0.39, 0.29) is 0 Å². The molecule has 0 aliphatic rings. The van der Waals surface area contributed by atoms with Crippen LogP contribution in [0.3, 0.4) is 0 Å². The number of hydrogen-bond acceptors (Lipinski definition) is 2. The van der Waals surface area contributed by atoms with Crippen LogP contribution in [0.5, 0.6) is 0 Å². The minimum absolute atomic E-state index is 0.452. The summed E-state index contributed by atoms with van der Waals surface area (Å²) < 4.78 is 0.978. The molecule has 0 aliphatic carbocycles. The molecule has 0 amide bonds. The van der Waals surface area contributed by atoms with E-state index in [1.807, 2.05) is 42.5 Å². The van der Waals surface area contributed by atoms with Crippen molar-refractivity contribution >= 4 is 39.3 Å². The molecule has 2 rings (SSSR count). The summed E-state index contributed by atoms with van der Waals surface area (Å²) in [5.41, 5.74) is 0.900. The van der Waals surface area contributed by atoms with Gasteiger partial charge in [-0.05, 0) is 58.7 Å². The van der Waals surface area contributed by atoms with Crippen molar-refractivity contribution in [3.05, 3.63) is 57.5 Å². The molecular weight excluding hydrogens is 332 g/mol. The first kappa shape index (κ1) is 13.9. The van der Waals surface area contributed by atoms with Crippen LogP contribution >= 0.6 is 39.3 Å². The van der Waals surface area contributed by atoms with E-state index in [1.54, 1.807) is 18.7 Å². The van der Waals surface area contributed by atoms with Gasteiger partial charge >= 0.3 is 0 Å². The lowest BCUT2D eigenvalue weighted by Gasteiger charge is -2.09. The van der Waals surface area contributed by atoms with Gasteiger partial charge in [-0.1, -0.05) is 35.5 Å². The highest BCUT2D eigenvalue weighted by molar-refractivity contribution is 9.10. The van der Waals surface area contributed by atoms with Crippen molar-refractivity contribution in [2.75, 3.05) is 0 Å². The molecule has 1 nitrogen and oxygen atoms in total. The Bertz CT molecular complexity index is 557. The summed E-state index contributed by atoms with van der Waals surface area (Å²) in [7, 11) is 0. The van der Waals surface area contributed by atoms with Gasteiger partial charge in [0, 0.05) is 19.3 Å². The van der Waals surface area contributed by atoms with Crippen molar-refractivity contribution < 1.29 is 5.11 Å². The zero-order valence-electron chi connectivity index (χ0n) is 9.73. The minimum Gasteiger partial charge on any atom is -0.389 e. The minimum atomic E-state index is -0.452. The van der Waals surface area contributed by atoms with Crippen LogP contribution in [0.15, 0.2) is 56.7 Å². The molecule has 2 aromatic rings. The van der Waals surface area contributed by atoms with E-state index >= 15 is 0 Å². The van der Waals surface area contributed by atoms with Crippen molar-refractivity contribution in [1.82, 2.24) is 0 Å². The maximum absolute atomic E-state index is 9.52. The predicted molar refractivity (Wildman–Crippen MR) is 80.4 cm³/mol. The molecule has 1 unspecified atom stereocenters. The highest BCUT2D eigenvalue weighted by Crippen LogP contribution is 2.35. The molecule has 0 fully saturated rings. The highest BCUT2D eigenvalue weighted by atomic mass is 79.9. The van der Waals surface area contributed by atoms with Crippen molar-refractivity contribution in [1.29, 1.82) is 0 Å². The summed E-state index contributed by atoms with van der Waals surface area (Å²) in [6.45, 7) is 1.76. The van der Waals surface area contributed by atoms with Gasteiger partial charge in [0.2, 0.25) is 0 Å². The molecule has 0 saturated carbocycles. The molecule has 1 atom stereocenters. The number of aliphatic hydroxyl groups excluding tert-OH is 1. The fourth-order valence-corrected chi connectivity index (χ4v) is 3.29. The molecule has 0 aromatic heterocycles. The molecule has 4 heteroatoms. The number of hydrogen-bond donors (Lipinski definition) is 1. The smallest absolute Gasteiger partial charge is 0.0762 e. The summed E-state index contributed by atoms with van der Waals surface area (Å²) in [6, 6.07) is 13.6. The second-order valence-electron chi connectivity index (χ2n) is 3.93. The number of benzene rings is 2. The normalized spacial score (nSPS) is 12.4. The van der Waals surface area contributed by atoms with Crippen LogP contribution in [0, 0.1) is 0 Å². The Morgan fingerprint density at radius 2 is 2.00 bits per heavy atom. The van der Waals surface area contributed by atoms with Crippen molar-refractivity contribution in [2.24, 2.45) is 0 Å². The van der Waals surface area contributed by atoms with Gasteiger partial charge in [0.15, 0.2) is 0 Å². The molecule has 2 aromatic carbocycles. The number of halogens is 2. The van der Waals surface area contributed by atoms with Gasteiger partial charge in [0.1, 0.15) is 0 Å². The molecule has 0 bridgehead atoms. The van der Waals surface area contributed by atoms with Crippen LogP contribution in [0.1, 0.15) is 18.6 Å². The van der Waals surface area contributed by atoms with E-state index < -0.39 is 6.10 Å². The van der Waals surface area contributed by atoms with Crippen LogP contribution in [0.2, 0.25) is 5.02 Å². The second kappa shape index (κ2) is 6.11. The van der Waals surface area contributed by atoms with Gasteiger partial charge in [0.25, 0.3) is 0 Å². The van der Waals surface area contributed by atoms with E-state index in [9.17, 15) is 5.11 Å². The van der Waals surface area contributed by atoms with Crippen molar-refractivity contribution in [2.45, 2.75) is 22.8 Å². The van der Waals surface area contributed by atoms with Crippen LogP contribution in [0.4, 0.5) is 0 Å². The van der Waals surface area contributed by atoms with Crippen molar-refractivity contribution in [3.8, 4) is 0 Å². The molecule has 18 heavy (non-hydrogen) atoms. The summed E-state index contributed by atoms with van der Waals surface area (Å²) in [6.07, 6.45) is -0.452. The average molecular weight is 344 g/mol. The second-order valence-corrected chi connectivity index (χ2v) is 6.33. The van der Waals surface area contributed by atoms with E-state index in [1.165, 1.54) is 0 Å². The van der Waals surface area contributed by atoms with Gasteiger partial charge in [-0.25, -0.2) is 0 Å². The molecule has 0 spiro atoms. The maximum Gasteiger partial charge on any atom is 0.0762 e. The lowest BCUT2D eigenvalue weighted by molar-refractivity contribution is 0.199. The monoisotopic (exact) mass is 342 g/mol.